The van der Waals surface area contributed by atoms with Crippen LogP contribution in [0.5, 0.6) is 11.5 Å². The van der Waals surface area contributed by atoms with Gasteiger partial charge in [-0.15, -0.1) is 11.3 Å². The summed E-state index contributed by atoms with van der Waals surface area (Å²) in [6.07, 6.45) is 1.00. The largest absolute Gasteiger partial charge is 0.493 e. The van der Waals surface area contributed by atoms with Crippen LogP contribution in [0.25, 0.3) is 0 Å². The van der Waals surface area contributed by atoms with E-state index >= 15 is 0 Å². The van der Waals surface area contributed by atoms with E-state index in [1.54, 1.807) is 25.1 Å². The number of esters is 1. The Balaban J connectivity index is 2.01. The molecular weight excluding hydrogens is 366 g/mol. The van der Waals surface area contributed by atoms with Gasteiger partial charge < -0.3 is 19.5 Å². The summed E-state index contributed by atoms with van der Waals surface area (Å²) >= 11 is 1.39. The molecule has 2 aromatic rings. The van der Waals surface area contributed by atoms with Gasteiger partial charge in [0.15, 0.2) is 17.6 Å². The van der Waals surface area contributed by atoms with Crippen LogP contribution in [0, 0.1) is 6.92 Å². The number of methoxy groups -OCH3 is 2. The molecule has 0 fully saturated rings. The fourth-order valence-corrected chi connectivity index (χ4v) is 3.52. The molecular formula is C20H25NO5S. The number of hydrogen-bond acceptors (Lipinski definition) is 6. The van der Waals surface area contributed by atoms with E-state index in [0.717, 1.165) is 23.3 Å². The second-order valence-electron chi connectivity index (χ2n) is 6.05. The lowest BCUT2D eigenvalue weighted by molar-refractivity contribution is -0.123. The van der Waals surface area contributed by atoms with Crippen molar-refractivity contribution in [3.05, 3.63) is 39.6 Å². The normalized spacial score (nSPS) is 11.6. The first-order valence-corrected chi connectivity index (χ1v) is 9.54. The van der Waals surface area contributed by atoms with E-state index in [0.29, 0.717) is 22.1 Å². The minimum Gasteiger partial charge on any atom is -0.493 e. The van der Waals surface area contributed by atoms with Crippen LogP contribution in [-0.4, -0.2) is 32.2 Å². The SMILES string of the molecule is CCCc1cc(C(=O)O[C@@H](C)C(=O)Nc2ccc(OC)c(OC)c2)sc1C. The number of anilines is 1. The highest BCUT2D eigenvalue weighted by molar-refractivity contribution is 7.14. The van der Waals surface area contributed by atoms with Crippen molar-refractivity contribution in [2.75, 3.05) is 19.5 Å². The smallest absolute Gasteiger partial charge is 0.349 e. The first-order chi connectivity index (χ1) is 12.9. The minimum atomic E-state index is -0.928. The summed E-state index contributed by atoms with van der Waals surface area (Å²) in [4.78, 5) is 26.3. The van der Waals surface area contributed by atoms with Gasteiger partial charge in [-0.05, 0) is 44.0 Å². The molecule has 0 aliphatic heterocycles. The quantitative estimate of drug-likeness (QED) is 0.683. The number of thiophene rings is 1. The highest BCUT2D eigenvalue weighted by atomic mass is 32.1. The highest BCUT2D eigenvalue weighted by Gasteiger charge is 2.21. The van der Waals surface area contributed by atoms with Crippen LogP contribution in [0.3, 0.4) is 0 Å². The van der Waals surface area contributed by atoms with Gasteiger partial charge in [-0.3, -0.25) is 4.79 Å². The Morgan fingerprint density at radius 3 is 2.48 bits per heavy atom. The first-order valence-electron chi connectivity index (χ1n) is 8.72. The average Bonchev–Trinajstić information content (AvgIpc) is 3.02. The Morgan fingerprint density at radius 2 is 1.85 bits per heavy atom. The highest BCUT2D eigenvalue weighted by Crippen LogP contribution is 2.30. The Bertz CT molecular complexity index is 815. The zero-order valence-corrected chi connectivity index (χ0v) is 17.1. The van der Waals surface area contributed by atoms with Crippen molar-refractivity contribution in [3.8, 4) is 11.5 Å². The molecule has 27 heavy (non-hydrogen) atoms. The zero-order valence-electron chi connectivity index (χ0n) is 16.3. The Labute approximate surface area is 163 Å². The minimum absolute atomic E-state index is 0.419. The molecule has 0 spiro atoms. The van der Waals surface area contributed by atoms with E-state index in [9.17, 15) is 9.59 Å². The molecule has 0 aliphatic rings. The lowest BCUT2D eigenvalue weighted by Gasteiger charge is -2.14. The Morgan fingerprint density at radius 1 is 1.15 bits per heavy atom. The van der Waals surface area contributed by atoms with Gasteiger partial charge in [0.1, 0.15) is 4.88 Å². The number of carbonyl (C=O) groups is 2. The van der Waals surface area contributed by atoms with Gasteiger partial charge in [0.2, 0.25) is 0 Å². The third-order valence-electron chi connectivity index (χ3n) is 4.05. The molecule has 0 aliphatic carbocycles. The number of hydrogen-bond donors (Lipinski definition) is 1. The maximum Gasteiger partial charge on any atom is 0.349 e. The van der Waals surface area contributed by atoms with Crippen molar-refractivity contribution in [3.63, 3.8) is 0 Å². The van der Waals surface area contributed by atoms with Gasteiger partial charge in [0.25, 0.3) is 5.91 Å². The van der Waals surface area contributed by atoms with Gasteiger partial charge in [-0.1, -0.05) is 13.3 Å². The van der Waals surface area contributed by atoms with Crippen molar-refractivity contribution in [1.82, 2.24) is 0 Å². The molecule has 6 nitrogen and oxygen atoms in total. The Hall–Kier alpha value is -2.54. The molecule has 0 bridgehead atoms. The number of carbonyl (C=O) groups excluding carboxylic acids is 2. The number of ether oxygens (including phenoxy) is 3. The van der Waals surface area contributed by atoms with Gasteiger partial charge in [0, 0.05) is 16.6 Å². The number of amides is 1. The predicted octanol–water partition coefficient (Wildman–Crippen LogP) is 4.21. The van der Waals surface area contributed by atoms with E-state index < -0.39 is 18.0 Å². The molecule has 1 N–H and O–H groups in total. The molecule has 2 rings (SSSR count). The monoisotopic (exact) mass is 391 g/mol. The summed E-state index contributed by atoms with van der Waals surface area (Å²) in [5.74, 6) is 0.154. The predicted molar refractivity (Wildman–Crippen MR) is 106 cm³/mol. The summed E-state index contributed by atoms with van der Waals surface area (Å²) in [6, 6.07) is 6.87. The lowest BCUT2D eigenvalue weighted by atomic mass is 10.1. The molecule has 7 heteroatoms. The van der Waals surface area contributed by atoms with Crippen molar-refractivity contribution >= 4 is 28.9 Å². The van der Waals surface area contributed by atoms with E-state index in [2.05, 4.69) is 12.2 Å². The standard InChI is InChI=1S/C20H25NO5S/c1-6-7-14-10-18(27-13(14)3)20(23)26-12(2)19(22)21-15-8-9-16(24-4)17(11-15)25-5/h8-12H,6-7H2,1-5H3,(H,21,22)/t12-/m0/s1. The molecule has 1 aromatic carbocycles. The fraction of sp³-hybridized carbons (Fsp3) is 0.400. The van der Waals surface area contributed by atoms with E-state index in [1.165, 1.54) is 25.6 Å². The topological polar surface area (TPSA) is 73.9 Å². The molecule has 1 aromatic heterocycles. The molecule has 0 saturated carbocycles. The molecule has 1 amide bonds. The first kappa shape index (κ1) is 20.8. The van der Waals surface area contributed by atoms with E-state index in [-0.39, 0.29) is 0 Å². The van der Waals surface area contributed by atoms with Crippen molar-refractivity contribution < 1.29 is 23.8 Å². The second-order valence-corrected chi connectivity index (χ2v) is 7.30. The molecule has 0 radical (unpaired) electrons. The molecule has 0 saturated heterocycles. The van der Waals surface area contributed by atoms with Crippen LogP contribution in [0.4, 0.5) is 5.69 Å². The maximum absolute atomic E-state index is 12.4. The van der Waals surface area contributed by atoms with Gasteiger partial charge >= 0.3 is 5.97 Å². The molecule has 146 valence electrons. The third-order valence-corrected chi connectivity index (χ3v) is 5.12. The fourth-order valence-electron chi connectivity index (χ4n) is 2.57. The van der Waals surface area contributed by atoms with Crippen LogP contribution < -0.4 is 14.8 Å². The summed E-state index contributed by atoms with van der Waals surface area (Å²) < 4.78 is 15.7. The molecule has 1 atom stereocenters. The van der Waals surface area contributed by atoms with Crippen LogP contribution in [0.2, 0.25) is 0 Å². The van der Waals surface area contributed by atoms with Crippen molar-refractivity contribution in [2.24, 2.45) is 0 Å². The van der Waals surface area contributed by atoms with Crippen molar-refractivity contribution in [2.45, 2.75) is 39.7 Å². The van der Waals surface area contributed by atoms with Crippen LogP contribution >= 0.6 is 11.3 Å². The maximum atomic E-state index is 12.4. The van der Waals surface area contributed by atoms with Gasteiger partial charge in [0.05, 0.1) is 14.2 Å². The average molecular weight is 391 g/mol. The molecule has 1 heterocycles. The zero-order chi connectivity index (χ0) is 20.0. The third kappa shape index (κ3) is 5.23. The number of nitrogens with one attached hydrogen (secondary N) is 1. The Kier molecular flexibility index (Phi) is 7.24. The summed E-state index contributed by atoms with van der Waals surface area (Å²) in [6.45, 7) is 5.62. The van der Waals surface area contributed by atoms with Crippen LogP contribution in [0.1, 0.15) is 40.4 Å². The number of aryl methyl sites for hydroxylation is 2. The lowest BCUT2D eigenvalue weighted by Crippen LogP contribution is -2.29. The van der Waals surface area contributed by atoms with E-state index in [1.807, 2.05) is 13.0 Å². The summed E-state index contributed by atoms with van der Waals surface area (Å²) in [5.41, 5.74) is 1.68. The van der Waals surface area contributed by atoms with Crippen LogP contribution in [0.15, 0.2) is 24.3 Å². The number of benzene rings is 1. The second kappa shape index (κ2) is 9.41. The summed E-state index contributed by atoms with van der Waals surface area (Å²) in [5, 5.41) is 2.71. The number of rotatable bonds is 8. The van der Waals surface area contributed by atoms with Crippen LogP contribution in [-0.2, 0) is 16.0 Å². The van der Waals surface area contributed by atoms with Gasteiger partial charge in [-0.25, -0.2) is 4.79 Å². The molecule has 0 unspecified atom stereocenters. The van der Waals surface area contributed by atoms with Crippen molar-refractivity contribution in [1.29, 1.82) is 0 Å². The van der Waals surface area contributed by atoms with E-state index in [4.69, 9.17) is 14.2 Å². The summed E-state index contributed by atoms with van der Waals surface area (Å²) in [7, 11) is 3.06. The van der Waals surface area contributed by atoms with Gasteiger partial charge in [-0.2, -0.15) is 0 Å².